The van der Waals surface area contributed by atoms with Gasteiger partial charge in [-0.1, -0.05) is 6.07 Å². The minimum Gasteiger partial charge on any atom is -0.506 e. The molecule has 5 heteroatoms. The zero-order valence-corrected chi connectivity index (χ0v) is 6.61. The number of aromatic amines is 1. The number of aromatic hydroxyl groups is 1. The largest absolute Gasteiger partial charge is 0.506 e. The number of nitrogens with one attached hydrogen (secondary N) is 1. The lowest BCUT2D eigenvalue weighted by Gasteiger charge is -2.01. The standard InChI is InChI=1S/C8H7N3O2/c9-7-4-2-1-3-5(12)6(4)10-8(13)11-7/h1-3,12H,(H3,9,10,11,13). The minimum atomic E-state index is -0.563. The van der Waals surface area contributed by atoms with E-state index in [9.17, 15) is 9.90 Å². The van der Waals surface area contributed by atoms with E-state index in [1.165, 1.54) is 6.07 Å². The molecule has 0 atom stereocenters. The molecule has 2 aromatic rings. The average Bonchev–Trinajstić information content (AvgIpc) is 2.07. The van der Waals surface area contributed by atoms with E-state index in [-0.39, 0.29) is 11.6 Å². The Balaban J connectivity index is 3.03. The second kappa shape index (κ2) is 2.48. The molecule has 5 nitrogen and oxygen atoms in total. The van der Waals surface area contributed by atoms with Gasteiger partial charge in [-0.2, -0.15) is 4.98 Å². The highest BCUT2D eigenvalue weighted by Gasteiger charge is 2.04. The number of phenols is 1. The molecule has 2 rings (SSSR count). The van der Waals surface area contributed by atoms with Crippen molar-refractivity contribution in [3.05, 3.63) is 28.7 Å². The van der Waals surface area contributed by atoms with Crippen LogP contribution in [0.3, 0.4) is 0 Å². The van der Waals surface area contributed by atoms with Crippen LogP contribution in [0.25, 0.3) is 10.9 Å². The van der Waals surface area contributed by atoms with Crippen LogP contribution < -0.4 is 11.4 Å². The Hall–Kier alpha value is -2.04. The smallest absolute Gasteiger partial charge is 0.347 e. The lowest BCUT2D eigenvalue weighted by atomic mass is 10.2. The number of nitrogens with two attached hydrogens (primary N) is 1. The molecule has 0 fully saturated rings. The fraction of sp³-hybridized carbons (Fsp3) is 0. The van der Waals surface area contributed by atoms with Crippen LogP contribution >= 0.6 is 0 Å². The van der Waals surface area contributed by atoms with E-state index in [1.54, 1.807) is 12.1 Å². The molecule has 0 aliphatic rings. The van der Waals surface area contributed by atoms with E-state index in [0.29, 0.717) is 10.9 Å². The summed E-state index contributed by atoms with van der Waals surface area (Å²) in [5, 5.41) is 9.91. The summed E-state index contributed by atoms with van der Waals surface area (Å²) in [4.78, 5) is 16.8. The normalized spacial score (nSPS) is 10.5. The van der Waals surface area contributed by atoms with Gasteiger partial charge in [0.05, 0.1) is 5.52 Å². The van der Waals surface area contributed by atoms with E-state index in [1.807, 2.05) is 0 Å². The molecule has 1 heterocycles. The van der Waals surface area contributed by atoms with Gasteiger partial charge < -0.3 is 15.8 Å². The summed E-state index contributed by atoms with van der Waals surface area (Å²) in [6.45, 7) is 0. The van der Waals surface area contributed by atoms with Crippen LogP contribution in [0.5, 0.6) is 5.75 Å². The van der Waals surface area contributed by atoms with E-state index in [0.717, 1.165) is 0 Å². The maximum absolute atomic E-state index is 10.9. The van der Waals surface area contributed by atoms with Crippen LogP contribution in [0, 0.1) is 0 Å². The Morgan fingerprint density at radius 3 is 3.00 bits per heavy atom. The Morgan fingerprint density at radius 1 is 1.46 bits per heavy atom. The highest BCUT2D eigenvalue weighted by molar-refractivity contribution is 5.91. The average molecular weight is 177 g/mol. The molecule has 0 radical (unpaired) electrons. The second-order valence-electron chi connectivity index (χ2n) is 2.63. The number of anilines is 1. The first kappa shape index (κ1) is 7.60. The quantitative estimate of drug-likeness (QED) is 0.536. The van der Waals surface area contributed by atoms with Crippen molar-refractivity contribution >= 4 is 16.7 Å². The summed E-state index contributed by atoms with van der Waals surface area (Å²) in [6.07, 6.45) is 0. The van der Waals surface area contributed by atoms with Crippen molar-refractivity contribution in [2.45, 2.75) is 0 Å². The van der Waals surface area contributed by atoms with E-state index >= 15 is 0 Å². The number of para-hydroxylation sites is 1. The summed E-state index contributed by atoms with van der Waals surface area (Å²) in [5.41, 5.74) is 5.24. The third-order valence-electron chi connectivity index (χ3n) is 1.77. The van der Waals surface area contributed by atoms with Gasteiger partial charge in [-0.3, -0.25) is 0 Å². The third-order valence-corrected chi connectivity index (χ3v) is 1.77. The van der Waals surface area contributed by atoms with Crippen LogP contribution in [0.4, 0.5) is 5.82 Å². The summed E-state index contributed by atoms with van der Waals surface area (Å²) in [6, 6.07) is 4.78. The number of nitrogen functional groups attached to an aromatic ring is 1. The summed E-state index contributed by atoms with van der Waals surface area (Å²) in [5.74, 6) is 0.110. The highest BCUT2D eigenvalue weighted by Crippen LogP contribution is 2.23. The van der Waals surface area contributed by atoms with Crippen molar-refractivity contribution in [1.29, 1.82) is 0 Å². The minimum absolute atomic E-state index is 0.0105. The molecule has 13 heavy (non-hydrogen) atoms. The zero-order valence-electron chi connectivity index (χ0n) is 6.61. The second-order valence-corrected chi connectivity index (χ2v) is 2.63. The molecule has 66 valence electrons. The summed E-state index contributed by atoms with van der Waals surface area (Å²) in [7, 11) is 0. The molecule has 0 unspecified atom stereocenters. The number of benzene rings is 1. The monoisotopic (exact) mass is 177 g/mol. The van der Waals surface area contributed by atoms with E-state index in [2.05, 4.69) is 9.97 Å². The number of nitrogens with zero attached hydrogens (tertiary/aromatic N) is 1. The molecule has 0 saturated heterocycles. The van der Waals surface area contributed by atoms with Crippen molar-refractivity contribution in [2.24, 2.45) is 0 Å². The predicted octanol–water partition coefficient (Wildman–Crippen LogP) is 0.211. The van der Waals surface area contributed by atoms with Gasteiger partial charge in [-0.25, -0.2) is 4.79 Å². The van der Waals surface area contributed by atoms with Crippen molar-refractivity contribution < 1.29 is 5.11 Å². The fourth-order valence-corrected chi connectivity index (χ4v) is 1.19. The lowest BCUT2D eigenvalue weighted by molar-refractivity contribution is 0.480. The van der Waals surface area contributed by atoms with Gasteiger partial charge in [0.2, 0.25) is 0 Å². The van der Waals surface area contributed by atoms with E-state index in [4.69, 9.17) is 5.73 Å². The van der Waals surface area contributed by atoms with Crippen LogP contribution in [-0.2, 0) is 0 Å². The molecule has 0 bridgehead atoms. The molecular weight excluding hydrogens is 170 g/mol. The van der Waals surface area contributed by atoms with Gasteiger partial charge in [0.15, 0.2) is 0 Å². The molecular formula is C8H7N3O2. The number of aromatic nitrogens is 2. The van der Waals surface area contributed by atoms with Gasteiger partial charge in [-0.05, 0) is 12.1 Å². The van der Waals surface area contributed by atoms with Gasteiger partial charge >= 0.3 is 5.69 Å². The molecule has 4 N–H and O–H groups in total. The van der Waals surface area contributed by atoms with Gasteiger partial charge in [0, 0.05) is 5.39 Å². The molecule has 0 aliphatic heterocycles. The van der Waals surface area contributed by atoms with Crippen LogP contribution in [0.15, 0.2) is 23.0 Å². The number of phenolic OH excluding ortho intramolecular Hbond substituents is 1. The first-order valence-corrected chi connectivity index (χ1v) is 3.66. The van der Waals surface area contributed by atoms with Crippen molar-refractivity contribution in [2.75, 3.05) is 5.73 Å². The lowest BCUT2D eigenvalue weighted by Crippen LogP contribution is -2.12. The topological polar surface area (TPSA) is 92.0 Å². The van der Waals surface area contributed by atoms with Crippen LogP contribution in [-0.4, -0.2) is 15.1 Å². The van der Waals surface area contributed by atoms with Gasteiger partial charge in [0.1, 0.15) is 11.6 Å². The van der Waals surface area contributed by atoms with Crippen molar-refractivity contribution in [3.63, 3.8) is 0 Å². The van der Waals surface area contributed by atoms with Crippen LogP contribution in [0.1, 0.15) is 0 Å². The number of hydrogen-bond donors (Lipinski definition) is 3. The molecule has 0 spiro atoms. The molecule has 0 aliphatic carbocycles. The summed E-state index contributed by atoms with van der Waals surface area (Å²) < 4.78 is 0. The van der Waals surface area contributed by atoms with Crippen LogP contribution in [0.2, 0.25) is 0 Å². The van der Waals surface area contributed by atoms with E-state index < -0.39 is 5.69 Å². The Bertz CT molecular complexity index is 518. The number of rotatable bonds is 0. The molecule has 0 amide bonds. The van der Waals surface area contributed by atoms with Gasteiger partial charge in [-0.15, -0.1) is 0 Å². The van der Waals surface area contributed by atoms with Gasteiger partial charge in [0.25, 0.3) is 0 Å². The first-order chi connectivity index (χ1) is 6.18. The first-order valence-electron chi connectivity index (χ1n) is 3.66. The maximum Gasteiger partial charge on any atom is 0.347 e. The third kappa shape index (κ3) is 1.10. The Morgan fingerprint density at radius 2 is 2.23 bits per heavy atom. The zero-order chi connectivity index (χ0) is 9.42. The Kier molecular flexibility index (Phi) is 1.45. The SMILES string of the molecule is Nc1nc(=O)[nH]c2c(O)cccc12. The highest BCUT2D eigenvalue weighted by atomic mass is 16.3. The maximum atomic E-state index is 10.9. The van der Waals surface area contributed by atoms with Crippen molar-refractivity contribution in [3.8, 4) is 5.75 Å². The predicted molar refractivity (Wildman–Crippen MR) is 48.4 cm³/mol. The number of hydrogen-bond acceptors (Lipinski definition) is 4. The number of fused-ring (bicyclic) bond motifs is 1. The molecule has 1 aromatic carbocycles. The summed E-state index contributed by atoms with van der Waals surface area (Å²) >= 11 is 0. The van der Waals surface area contributed by atoms with Crippen molar-refractivity contribution in [1.82, 2.24) is 9.97 Å². The fourth-order valence-electron chi connectivity index (χ4n) is 1.19. The Labute approximate surface area is 72.8 Å². The number of H-pyrrole nitrogens is 1. The molecule has 0 saturated carbocycles. The molecule has 1 aromatic heterocycles.